The quantitative estimate of drug-likeness (QED) is 0.593. The summed E-state index contributed by atoms with van der Waals surface area (Å²) in [5.41, 5.74) is 0.115. The van der Waals surface area contributed by atoms with Crippen LogP contribution in [-0.2, 0) is 0 Å². The summed E-state index contributed by atoms with van der Waals surface area (Å²) in [5.74, 6) is -0.543. The van der Waals surface area contributed by atoms with Crippen molar-refractivity contribution in [3.63, 3.8) is 0 Å². The van der Waals surface area contributed by atoms with Crippen LogP contribution >= 0.6 is 22.6 Å². The fourth-order valence-electron chi connectivity index (χ4n) is 1.64. The second-order valence-electron chi connectivity index (χ2n) is 4.10. The minimum Gasteiger partial charge on any atom is -0.490 e. The lowest BCUT2D eigenvalue weighted by Gasteiger charge is -2.10. The van der Waals surface area contributed by atoms with Crippen LogP contribution in [0.5, 0.6) is 11.5 Å². The maximum atomic E-state index is 12.7. The fraction of sp³-hybridized carbons (Fsp3) is 0.133. The van der Waals surface area contributed by atoms with E-state index < -0.39 is 5.97 Å². The van der Waals surface area contributed by atoms with Crippen LogP contribution in [-0.4, -0.2) is 24.3 Å². The van der Waals surface area contributed by atoms with E-state index in [0.29, 0.717) is 11.5 Å². The van der Waals surface area contributed by atoms with Gasteiger partial charge in [0.25, 0.3) is 0 Å². The van der Waals surface area contributed by atoms with Crippen molar-refractivity contribution in [2.24, 2.45) is 0 Å². The zero-order valence-electron chi connectivity index (χ0n) is 10.9. The molecule has 0 amide bonds. The van der Waals surface area contributed by atoms with Gasteiger partial charge in [-0.25, -0.2) is 9.18 Å². The topological polar surface area (TPSA) is 55.8 Å². The third-order valence-corrected chi connectivity index (χ3v) is 3.27. The number of ether oxygens (including phenoxy) is 2. The van der Waals surface area contributed by atoms with Crippen molar-refractivity contribution in [3.8, 4) is 11.5 Å². The molecule has 0 aliphatic carbocycles. The smallest absolute Gasteiger partial charge is 0.339 e. The molecule has 0 atom stereocenters. The highest BCUT2D eigenvalue weighted by molar-refractivity contribution is 14.1. The molecule has 0 unspecified atom stereocenters. The van der Waals surface area contributed by atoms with Crippen molar-refractivity contribution in [2.75, 3.05) is 13.2 Å². The Morgan fingerprint density at radius 1 is 1.10 bits per heavy atom. The summed E-state index contributed by atoms with van der Waals surface area (Å²) in [6.45, 7) is 0.426. The number of rotatable bonds is 6. The standard InChI is InChI=1S/C15H12FIO4/c16-10-1-4-12(5-2-10)20-7-8-21-14-6-3-11(17)9-13(14)15(18)19/h1-6,9H,7-8H2,(H,18,19). The predicted octanol–water partition coefficient (Wildman–Crippen LogP) is 3.59. The van der Waals surface area contributed by atoms with Gasteiger partial charge in [-0.15, -0.1) is 0 Å². The van der Waals surface area contributed by atoms with E-state index in [0.717, 1.165) is 3.57 Å². The fourth-order valence-corrected chi connectivity index (χ4v) is 2.13. The van der Waals surface area contributed by atoms with E-state index in [1.807, 2.05) is 22.6 Å². The van der Waals surface area contributed by atoms with Gasteiger partial charge >= 0.3 is 5.97 Å². The van der Waals surface area contributed by atoms with E-state index in [-0.39, 0.29) is 24.6 Å². The molecular weight excluding hydrogens is 390 g/mol. The maximum Gasteiger partial charge on any atom is 0.339 e. The third kappa shape index (κ3) is 4.59. The lowest BCUT2D eigenvalue weighted by molar-refractivity contribution is 0.0691. The third-order valence-electron chi connectivity index (χ3n) is 2.60. The van der Waals surface area contributed by atoms with Crippen LogP contribution in [0.3, 0.4) is 0 Å². The van der Waals surface area contributed by atoms with E-state index in [1.165, 1.54) is 24.3 Å². The van der Waals surface area contributed by atoms with Gasteiger partial charge in [-0.1, -0.05) is 0 Å². The van der Waals surface area contributed by atoms with Crippen molar-refractivity contribution < 1.29 is 23.8 Å². The van der Waals surface area contributed by atoms with Crippen molar-refractivity contribution >= 4 is 28.6 Å². The zero-order chi connectivity index (χ0) is 15.2. The second-order valence-corrected chi connectivity index (χ2v) is 5.34. The number of carbonyl (C=O) groups is 1. The van der Waals surface area contributed by atoms with Gasteiger partial charge in [0.1, 0.15) is 36.1 Å². The number of carboxylic acid groups (broad SMARTS) is 1. The largest absolute Gasteiger partial charge is 0.490 e. The predicted molar refractivity (Wildman–Crippen MR) is 83.5 cm³/mol. The van der Waals surface area contributed by atoms with Gasteiger partial charge in [0, 0.05) is 3.57 Å². The molecule has 0 spiro atoms. The molecule has 6 heteroatoms. The molecule has 2 aromatic rings. The molecule has 2 aromatic carbocycles. The van der Waals surface area contributed by atoms with Crippen molar-refractivity contribution in [3.05, 3.63) is 57.4 Å². The Bertz CT molecular complexity index is 628. The average Bonchev–Trinajstić information content (AvgIpc) is 2.46. The summed E-state index contributed by atoms with van der Waals surface area (Å²) in [6.07, 6.45) is 0. The Morgan fingerprint density at radius 3 is 2.43 bits per heavy atom. The van der Waals surface area contributed by atoms with Gasteiger partial charge in [-0.3, -0.25) is 0 Å². The average molecular weight is 402 g/mol. The van der Waals surface area contributed by atoms with Crippen molar-refractivity contribution in [2.45, 2.75) is 0 Å². The Labute approximate surface area is 134 Å². The molecule has 0 aliphatic rings. The molecule has 2 rings (SSSR count). The van der Waals surface area contributed by atoms with E-state index in [1.54, 1.807) is 18.2 Å². The van der Waals surface area contributed by atoms with Gasteiger partial charge in [0.05, 0.1) is 0 Å². The van der Waals surface area contributed by atoms with Crippen molar-refractivity contribution in [1.29, 1.82) is 0 Å². The summed E-state index contributed by atoms with van der Waals surface area (Å²) in [6, 6.07) is 10.6. The molecule has 21 heavy (non-hydrogen) atoms. The summed E-state index contributed by atoms with van der Waals surface area (Å²) >= 11 is 2.04. The second kappa shape index (κ2) is 7.26. The molecule has 0 saturated carbocycles. The molecule has 0 saturated heterocycles. The SMILES string of the molecule is O=C(O)c1cc(I)ccc1OCCOc1ccc(F)cc1. The first kappa shape index (κ1) is 15.6. The van der Waals surface area contributed by atoms with Gasteiger partial charge in [0.2, 0.25) is 0 Å². The van der Waals surface area contributed by atoms with Crippen LogP contribution in [0.15, 0.2) is 42.5 Å². The molecular formula is C15H12FIO4. The molecule has 110 valence electrons. The highest BCUT2D eigenvalue weighted by atomic mass is 127. The first-order valence-electron chi connectivity index (χ1n) is 6.10. The number of hydrogen-bond donors (Lipinski definition) is 1. The molecule has 4 nitrogen and oxygen atoms in total. The van der Waals surface area contributed by atoms with Crippen molar-refractivity contribution in [1.82, 2.24) is 0 Å². The van der Waals surface area contributed by atoms with Crippen LogP contribution in [0.1, 0.15) is 10.4 Å². The normalized spacial score (nSPS) is 10.2. The molecule has 0 bridgehead atoms. The van der Waals surface area contributed by atoms with Crippen LogP contribution in [0, 0.1) is 9.39 Å². The Morgan fingerprint density at radius 2 is 1.76 bits per heavy atom. The van der Waals surface area contributed by atoms with E-state index >= 15 is 0 Å². The van der Waals surface area contributed by atoms with E-state index in [2.05, 4.69) is 0 Å². The summed E-state index contributed by atoms with van der Waals surface area (Å²) in [4.78, 5) is 11.1. The van der Waals surface area contributed by atoms with Gasteiger partial charge in [-0.2, -0.15) is 0 Å². The molecule has 0 radical (unpaired) electrons. The number of hydrogen-bond acceptors (Lipinski definition) is 3. The molecule has 0 fully saturated rings. The summed E-state index contributed by atoms with van der Waals surface area (Å²) in [5, 5.41) is 9.10. The van der Waals surface area contributed by atoms with E-state index in [4.69, 9.17) is 14.6 Å². The monoisotopic (exact) mass is 402 g/mol. The van der Waals surface area contributed by atoms with Gasteiger partial charge in [-0.05, 0) is 65.1 Å². The highest BCUT2D eigenvalue weighted by Crippen LogP contribution is 2.21. The first-order valence-corrected chi connectivity index (χ1v) is 7.18. The van der Waals surface area contributed by atoms with Gasteiger partial charge in [0.15, 0.2) is 0 Å². The summed E-state index contributed by atoms with van der Waals surface area (Å²) < 4.78 is 24.3. The van der Waals surface area contributed by atoms with Crippen LogP contribution in [0.4, 0.5) is 4.39 Å². The number of carboxylic acids is 1. The number of aromatic carboxylic acids is 1. The molecule has 1 N–H and O–H groups in total. The number of benzene rings is 2. The Balaban J connectivity index is 1.89. The van der Waals surface area contributed by atoms with Crippen LogP contribution in [0.2, 0.25) is 0 Å². The molecule has 0 heterocycles. The number of halogens is 2. The Hall–Kier alpha value is -1.83. The van der Waals surface area contributed by atoms with Crippen LogP contribution < -0.4 is 9.47 Å². The summed E-state index contributed by atoms with van der Waals surface area (Å²) in [7, 11) is 0. The molecule has 0 aliphatic heterocycles. The van der Waals surface area contributed by atoms with E-state index in [9.17, 15) is 9.18 Å². The Kier molecular flexibility index (Phi) is 5.38. The first-order chi connectivity index (χ1) is 10.1. The van der Waals surface area contributed by atoms with Gasteiger partial charge < -0.3 is 14.6 Å². The lowest BCUT2D eigenvalue weighted by Crippen LogP contribution is -2.11. The highest BCUT2D eigenvalue weighted by Gasteiger charge is 2.11. The molecule has 0 aromatic heterocycles. The minimum absolute atomic E-state index is 0.115. The maximum absolute atomic E-state index is 12.7. The van der Waals surface area contributed by atoms with Crippen LogP contribution in [0.25, 0.3) is 0 Å². The zero-order valence-corrected chi connectivity index (χ0v) is 13.0. The lowest BCUT2D eigenvalue weighted by atomic mass is 10.2. The minimum atomic E-state index is -1.04.